The minimum Gasteiger partial charge on any atom is -0.320 e. The van der Waals surface area contributed by atoms with Crippen molar-refractivity contribution in [1.29, 1.82) is 0 Å². The normalized spacial score (nSPS) is 14.4. The molecule has 2 rings (SSSR count). The van der Waals surface area contributed by atoms with Gasteiger partial charge >= 0.3 is 0 Å². The van der Waals surface area contributed by atoms with E-state index in [1.807, 2.05) is 6.07 Å². The van der Waals surface area contributed by atoms with Crippen molar-refractivity contribution in [3.8, 4) is 0 Å². The van der Waals surface area contributed by atoms with Gasteiger partial charge in [-0.3, -0.25) is 0 Å². The Hall–Kier alpha value is -1.48. The molecule has 1 aliphatic heterocycles. The zero-order chi connectivity index (χ0) is 9.64. The molecule has 0 bridgehead atoms. The van der Waals surface area contributed by atoms with Gasteiger partial charge in [0.15, 0.2) is 6.26 Å². The third-order valence-electron chi connectivity index (χ3n) is 2.17. The summed E-state index contributed by atoms with van der Waals surface area (Å²) in [5, 5.41) is 0. The molecule has 3 heteroatoms. The van der Waals surface area contributed by atoms with Gasteiger partial charge in [0, 0.05) is 0 Å². The molecule has 0 atom stereocenters. The summed E-state index contributed by atoms with van der Waals surface area (Å²) in [5.74, 6) is 0. The largest absolute Gasteiger partial charge is 0.320 e. The minimum absolute atomic E-state index is 0.953. The van der Waals surface area contributed by atoms with Crippen molar-refractivity contribution in [1.82, 2.24) is 5.48 Å². The van der Waals surface area contributed by atoms with Gasteiger partial charge in [0.25, 0.3) is 0 Å². The molecule has 3 nitrogen and oxygen atoms in total. The van der Waals surface area contributed by atoms with Crippen LogP contribution in [0.5, 0.6) is 0 Å². The van der Waals surface area contributed by atoms with Crippen LogP contribution in [-0.2, 0) is 16.3 Å². The smallest absolute Gasteiger partial charge is 0.153 e. The predicted molar refractivity (Wildman–Crippen MR) is 52.8 cm³/mol. The monoisotopic (exact) mass is 191 g/mol. The van der Waals surface area contributed by atoms with Crippen LogP contribution in [0.3, 0.4) is 0 Å². The molecule has 0 aliphatic carbocycles. The Kier molecular flexibility index (Phi) is 3.03. The van der Waals surface area contributed by atoms with Gasteiger partial charge in [0.2, 0.25) is 0 Å². The fourth-order valence-electron chi connectivity index (χ4n) is 1.42. The Balaban J connectivity index is 1.73. The van der Waals surface area contributed by atoms with E-state index in [0.29, 0.717) is 0 Å². The summed E-state index contributed by atoms with van der Waals surface area (Å²) in [5.41, 5.74) is 5.05. The molecule has 1 aromatic carbocycles. The van der Waals surface area contributed by atoms with Crippen LogP contribution in [0.25, 0.3) is 0 Å². The molecule has 0 saturated carbocycles. The lowest BCUT2D eigenvalue weighted by Gasteiger charge is -2.00. The number of aryl methyl sites for hydroxylation is 1. The van der Waals surface area contributed by atoms with Crippen molar-refractivity contribution < 1.29 is 9.88 Å². The Morgan fingerprint density at radius 1 is 1.07 bits per heavy atom. The first-order valence-electron chi connectivity index (χ1n) is 4.76. The summed E-state index contributed by atoms with van der Waals surface area (Å²) in [6.07, 6.45) is 4.73. The molecule has 0 spiro atoms. The second-order valence-electron chi connectivity index (χ2n) is 3.26. The van der Waals surface area contributed by atoms with Gasteiger partial charge in [-0.05, 0) is 24.8 Å². The Morgan fingerprint density at radius 2 is 1.93 bits per heavy atom. The highest BCUT2D eigenvalue weighted by Crippen LogP contribution is 2.10. The summed E-state index contributed by atoms with van der Waals surface area (Å²) >= 11 is 0. The number of hydrogen-bond donors (Lipinski definition) is 1. The van der Waals surface area contributed by atoms with Crippen molar-refractivity contribution in [2.24, 2.45) is 0 Å². The standard InChI is InChI=1S/C11H13NO2/c1-2-5-10(6-3-1)7-4-8-11-9-13-14-12-11/h1-3,5-6,9,12H,4,7-8H2. The van der Waals surface area contributed by atoms with Crippen molar-refractivity contribution in [3.63, 3.8) is 0 Å². The van der Waals surface area contributed by atoms with Crippen molar-refractivity contribution in [2.75, 3.05) is 0 Å². The Morgan fingerprint density at radius 3 is 2.64 bits per heavy atom. The highest BCUT2D eigenvalue weighted by molar-refractivity contribution is 5.14. The summed E-state index contributed by atoms with van der Waals surface area (Å²) in [6, 6.07) is 10.4. The molecule has 0 unspecified atom stereocenters. The van der Waals surface area contributed by atoms with Gasteiger partial charge in [-0.25, -0.2) is 5.48 Å². The molecule has 0 amide bonds. The fraction of sp³-hybridized carbons (Fsp3) is 0.273. The SMILES string of the molecule is C1=C(CCCc2ccccc2)NOO1. The zero-order valence-corrected chi connectivity index (χ0v) is 7.90. The quantitative estimate of drug-likeness (QED) is 0.741. The van der Waals surface area contributed by atoms with Gasteiger partial charge in [-0.2, -0.15) is 0 Å². The molecule has 74 valence electrons. The van der Waals surface area contributed by atoms with E-state index in [-0.39, 0.29) is 0 Å². The van der Waals surface area contributed by atoms with E-state index >= 15 is 0 Å². The molecule has 0 saturated heterocycles. The molecule has 1 aromatic rings. The van der Waals surface area contributed by atoms with E-state index in [1.165, 1.54) is 5.56 Å². The van der Waals surface area contributed by atoms with Crippen molar-refractivity contribution >= 4 is 0 Å². The summed E-state index contributed by atoms with van der Waals surface area (Å²) in [4.78, 5) is 9.10. The van der Waals surface area contributed by atoms with Gasteiger partial charge in [-0.15, -0.1) is 0 Å². The highest BCUT2D eigenvalue weighted by Gasteiger charge is 2.04. The maximum absolute atomic E-state index is 4.59. The molecular formula is C11H13NO2. The van der Waals surface area contributed by atoms with Crippen LogP contribution in [-0.4, -0.2) is 0 Å². The molecule has 0 radical (unpaired) electrons. The van der Waals surface area contributed by atoms with Crippen molar-refractivity contribution in [2.45, 2.75) is 19.3 Å². The number of rotatable bonds is 4. The van der Waals surface area contributed by atoms with E-state index in [9.17, 15) is 0 Å². The first kappa shape index (κ1) is 9.09. The number of hydroxylamine groups is 1. The van der Waals surface area contributed by atoms with Gasteiger partial charge in [0.1, 0.15) is 0 Å². The molecule has 1 aliphatic rings. The van der Waals surface area contributed by atoms with E-state index in [1.54, 1.807) is 6.26 Å². The van der Waals surface area contributed by atoms with E-state index in [2.05, 4.69) is 39.6 Å². The lowest BCUT2D eigenvalue weighted by molar-refractivity contribution is -0.265. The lowest BCUT2D eigenvalue weighted by Crippen LogP contribution is -2.05. The van der Waals surface area contributed by atoms with Gasteiger partial charge < -0.3 is 4.89 Å². The second-order valence-corrected chi connectivity index (χ2v) is 3.26. The second kappa shape index (κ2) is 4.67. The first-order valence-corrected chi connectivity index (χ1v) is 4.76. The molecule has 0 aromatic heterocycles. The predicted octanol–water partition coefficient (Wildman–Crippen LogP) is 2.32. The molecular weight excluding hydrogens is 178 g/mol. The van der Waals surface area contributed by atoms with E-state index in [4.69, 9.17) is 0 Å². The summed E-state index contributed by atoms with van der Waals surface area (Å²) in [6.45, 7) is 0. The molecule has 1 heterocycles. The summed E-state index contributed by atoms with van der Waals surface area (Å²) < 4.78 is 0. The number of allylic oxidation sites excluding steroid dienone is 1. The fourth-order valence-corrected chi connectivity index (χ4v) is 1.42. The lowest BCUT2D eigenvalue weighted by atomic mass is 10.1. The molecule has 14 heavy (non-hydrogen) atoms. The Labute approximate surface area is 83.2 Å². The van der Waals surface area contributed by atoms with Crippen LogP contribution in [0.2, 0.25) is 0 Å². The van der Waals surface area contributed by atoms with Crippen LogP contribution < -0.4 is 5.48 Å². The number of nitrogens with one attached hydrogen (secondary N) is 1. The van der Waals surface area contributed by atoms with Gasteiger partial charge in [-0.1, -0.05) is 35.3 Å². The number of hydrogen-bond acceptors (Lipinski definition) is 3. The van der Waals surface area contributed by atoms with E-state index in [0.717, 1.165) is 25.0 Å². The first-order chi connectivity index (χ1) is 6.95. The van der Waals surface area contributed by atoms with Crippen LogP contribution in [0.1, 0.15) is 18.4 Å². The summed E-state index contributed by atoms with van der Waals surface area (Å²) in [7, 11) is 0. The third-order valence-corrected chi connectivity index (χ3v) is 2.17. The average Bonchev–Trinajstić information content (AvgIpc) is 2.72. The maximum atomic E-state index is 4.59. The van der Waals surface area contributed by atoms with Gasteiger partial charge in [0.05, 0.1) is 5.70 Å². The zero-order valence-electron chi connectivity index (χ0n) is 7.90. The third kappa shape index (κ3) is 2.50. The Bertz CT molecular complexity index is 308. The number of benzene rings is 1. The van der Waals surface area contributed by atoms with Crippen LogP contribution in [0, 0.1) is 0 Å². The van der Waals surface area contributed by atoms with E-state index < -0.39 is 0 Å². The van der Waals surface area contributed by atoms with Crippen LogP contribution >= 0.6 is 0 Å². The van der Waals surface area contributed by atoms with Crippen LogP contribution in [0.15, 0.2) is 42.3 Å². The highest BCUT2D eigenvalue weighted by atomic mass is 17.3. The van der Waals surface area contributed by atoms with Crippen LogP contribution in [0.4, 0.5) is 0 Å². The van der Waals surface area contributed by atoms with Crippen molar-refractivity contribution in [3.05, 3.63) is 47.9 Å². The molecule has 0 fully saturated rings. The topological polar surface area (TPSA) is 30.5 Å². The molecule has 1 N–H and O–H groups in total. The average molecular weight is 191 g/mol. The maximum Gasteiger partial charge on any atom is 0.153 e. The minimum atomic E-state index is 0.953.